The number of benzene rings is 1. The number of hydrogen-bond acceptors (Lipinski definition) is 2. The van der Waals surface area contributed by atoms with Crippen LogP contribution in [-0.4, -0.2) is 31.1 Å². The molecule has 2 nitrogen and oxygen atoms in total. The van der Waals surface area contributed by atoms with Crippen molar-refractivity contribution in [3.05, 3.63) is 29.3 Å². The van der Waals surface area contributed by atoms with Crippen molar-refractivity contribution >= 4 is 0 Å². The molecule has 1 unspecified atom stereocenters. The third-order valence-electron chi connectivity index (χ3n) is 6.57. The molecule has 0 amide bonds. The van der Waals surface area contributed by atoms with E-state index in [1.165, 1.54) is 51.6 Å². The second kappa shape index (κ2) is 5.01. The molecule has 3 atom stereocenters. The molecule has 0 radical (unpaired) electrons. The largest absolute Gasteiger partial charge is 0.497 e. The first kappa shape index (κ1) is 13.6. The van der Waals surface area contributed by atoms with Crippen LogP contribution in [0, 0.1) is 5.92 Å². The van der Waals surface area contributed by atoms with E-state index in [0.29, 0.717) is 5.41 Å². The van der Waals surface area contributed by atoms with Gasteiger partial charge in [0.25, 0.3) is 0 Å². The van der Waals surface area contributed by atoms with Crippen LogP contribution in [0.3, 0.4) is 0 Å². The van der Waals surface area contributed by atoms with E-state index in [0.717, 1.165) is 17.7 Å². The summed E-state index contributed by atoms with van der Waals surface area (Å²) in [5.41, 5.74) is 3.69. The number of hydrogen-bond donors (Lipinski definition) is 0. The van der Waals surface area contributed by atoms with Gasteiger partial charge in [0.05, 0.1) is 7.11 Å². The molecule has 3 aliphatic rings. The molecule has 114 valence electrons. The lowest BCUT2D eigenvalue weighted by Gasteiger charge is -2.59. The highest BCUT2D eigenvalue weighted by molar-refractivity contribution is 5.45. The second-order valence-electron chi connectivity index (χ2n) is 7.18. The van der Waals surface area contributed by atoms with Gasteiger partial charge in [0.1, 0.15) is 5.75 Å². The van der Waals surface area contributed by atoms with Crippen LogP contribution in [0.4, 0.5) is 0 Å². The van der Waals surface area contributed by atoms with Crippen LogP contribution in [0.15, 0.2) is 18.2 Å². The van der Waals surface area contributed by atoms with Crippen molar-refractivity contribution in [3.63, 3.8) is 0 Å². The normalized spacial score (nSPS) is 35.0. The summed E-state index contributed by atoms with van der Waals surface area (Å²) in [4.78, 5) is 2.75. The smallest absolute Gasteiger partial charge is 0.119 e. The zero-order valence-corrected chi connectivity index (χ0v) is 13.4. The number of likely N-dealkylation sites (tertiary alicyclic amines) is 1. The van der Waals surface area contributed by atoms with Gasteiger partial charge in [-0.1, -0.05) is 25.8 Å². The van der Waals surface area contributed by atoms with E-state index in [-0.39, 0.29) is 0 Å². The molecule has 2 fully saturated rings. The maximum Gasteiger partial charge on any atom is 0.119 e. The van der Waals surface area contributed by atoms with Crippen molar-refractivity contribution in [3.8, 4) is 5.75 Å². The monoisotopic (exact) mass is 285 g/mol. The van der Waals surface area contributed by atoms with Gasteiger partial charge in [-0.25, -0.2) is 0 Å². The van der Waals surface area contributed by atoms with Gasteiger partial charge in [0.2, 0.25) is 0 Å². The fourth-order valence-corrected chi connectivity index (χ4v) is 5.58. The minimum Gasteiger partial charge on any atom is -0.497 e. The highest BCUT2D eigenvalue weighted by Crippen LogP contribution is 2.56. The van der Waals surface area contributed by atoms with E-state index < -0.39 is 0 Å². The Labute approximate surface area is 128 Å². The quantitative estimate of drug-likeness (QED) is 0.820. The number of piperidine rings is 1. The van der Waals surface area contributed by atoms with Gasteiger partial charge in [-0.15, -0.1) is 0 Å². The average molecular weight is 285 g/mol. The molecule has 1 aromatic rings. The molecule has 1 aromatic carbocycles. The van der Waals surface area contributed by atoms with Crippen LogP contribution in [0.5, 0.6) is 5.75 Å². The standard InChI is InChI=1S/C19H27NO/c1-3-20-11-10-19-9-5-4-6-16(19)18(20)12-14-7-8-15(21-2)13-17(14)19/h7-8,13,16,18H,3-6,9-12H2,1-2H3/t16?,18-,19-/m0/s1. The highest BCUT2D eigenvalue weighted by atomic mass is 16.5. The minimum absolute atomic E-state index is 0.455. The van der Waals surface area contributed by atoms with Crippen molar-refractivity contribution in [1.82, 2.24) is 4.90 Å². The summed E-state index contributed by atoms with van der Waals surface area (Å²) >= 11 is 0. The lowest BCUT2D eigenvalue weighted by molar-refractivity contribution is -0.00847. The van der Waals surface area contributed by atoms with Crippen LogP contribution < -0.4 is 4.74 Å². The van der Waals surface area contributed by atoms with Crippen molar-refractivity contribution in [2.45, 2.75) is 56.9 Å². The van der Waals surface area contributed by atoms with Crippen LogP contribution in [-0.2, 0) is 11.8 Å². The Morgan fingerprint density at radius 3 is 3.00 bits per heavy atom. The van der Waals surface area contributed by atoms with Gasteiger partial charge in [-0.2, -0.15) is 0 Å². The van der Waals surface area contributed by atoms with Gasteiger partial charge >= 0.3 is 0 Å². The number of fused-ring (bicyclic) bond motifs is 1. The van der Waals surface area contributed by atoms with Crippen molar-refractivity contribution in [2.75, 3.05) is 20.2 Å². The molecule has 21 heavy (non-hydrogen) atoms. The molecule has 1 heterocycles. The van der Waals surface area contributed by atoms with Crippen molar-refractivity contribution in [2.24, 2.45) is 5.92 Å². The van der Waals surface area contributed by atoms with E-state index >= 15 is 0 Å². The molecule has 2 heteroatoms. The predicted molar refractivity (Wildman–Crippen MR) is 86.0 cm³/mol. The first-order valence-corrected chi connectivity index (χ1v) is 8.70. The fourth-order valence-electron chi connectivity index (χ4n) is 5.58. The topological polar surface area (TPSA) is 12.5 Å². The highest BCUT2D eigenvalue weighted by Gasteiger charge is 2.53. The Hall–Kier alpha value is -1.02. The van der Waals surface area contributed by atoms with Gasteiger partial charge in [-0.05, 0) is 68.0 Å². The SMILES string of the molecule is CCN1CC[C@@]23CCCCC2[C@@H]1Cc1ccc(OC)cc13. The van der Waals surface area contributed by atoms with Crippen LogP contribution >= 0.6 is 0 Å². The maximum absolute atomic E-state index is 5.53. The molecular formula is C19H27NO. The summed E-state index contributed by atoms with van der Waals surface area (Å²) < 4.78 is 5.53. The number of ether oxygens (including phenoxy) is 1. The lowest BCUT2D eigenvalue weighted by Crippen LogP contribution is -2.60. The third kappa shape index (κ3) is 1.88. The molecule has 1 saturated heterocycles. The molecule has 1 aliphatic heterocycles. The second-order valence-corrected chi connectivity index (χ2v) is 7.18. The summed E-state index contributed by atoms with van der Waals surface area (Å²) in [6.45, 7) is 4.83. The van der Waals surface area contributed by atoms with Gasteiger partial charge in [0, 0.05) is 11.5 Å². The summed E-state index contributed by atoms with van der Waals surface area (Å²) in [6, 6.07) is 7.65. The number of nitrogens with zero attached hydrogens (tertiary/aromatic N) is 1. The Kier molecular flexibility index (Phi) is 3.25. The summed E-state index contributed by atoms with van der Waals surface area (Å²) in [7, 11) is 1.79. The van der Waals surface area contributed by atoms with E-state index in [1.54, 1.807) is 18.2 Å². The molecule has 1 saturated carbocycles. The third-order valence-corrected chi connectivity index (χ3v) is 6.57. The average Bonchev–Trinajstić information content (AvgIpc) is 2.54. The number of methoxy groups -OCH3 is 1. The summed E-state index contributed by atoms with van der Waals surface area (Å²) in [5, 5.41) is 0. The molecule has 0 spiro atoms. The summed E-state index contributed by atoms with van der Waals surface area (Å²) in [5.74, 6) is 1.92. The first-order chi connectivity index (χ1) is 10.3. The van der Waals surface area contributed by atoms with Crippen molar-refractivity contribution < 1.29 is 4.74 Å². The summed E-state index contributed by atoms with van der Waals surface area (Å²) in [6.07, 6.45) is 8.26. The fraction of sp³-hybridized carbons (Fsp3) is 0.684. The molecule has 0 N–H and O–H groups in total. The molecule has 2 bridgehead atoms. The Balaban J connectivity index is 1.85. The number of likely N-dealkylation sites (N-methyl/N-ethyl adjacent to an activating group) is 1. The predicted octanol–water partition coefficient (Wildman–Crippen LogP) is 3.77. The van der Waals surface area contributed by atoms with Crippen molar-refractivity contribution in [1.29, 1.82) is 0 Å². The van der Waals surface area contributed by atoms with Crippen LogP contribution in [0.1, 0.15) is 50.2 Å². The lowest BCUT2D eigenvalue weighted by atomic mass is 9.52. The molecule has 2 aliphatic carbocycles. The van der Waals surface area contributed by atoms with E-state index in [9.17, 15) is 0 Å². The first-order valence-electron chi connectivity index (χ1n) is 8.70. The Bertz CT molecular complexity index is 540. The molecule has 4 rings (SSSR count). The minimum atomic E-state index is 0.455. The van der Waals surface area contributed by atoms with Crippen LogP contribution in [0.2, 0.25) is 0 Å². The zero-order valence-electron chi connectivity index (χ0n) is 13.4. The molecule has 0 aromatic heterocycles. The Morgan fingerprint density at radius 2 is 2.19 bits per heavy atom. The zero-order chi connectivity index (χ0) is 14.4. The van der Waals surface area contributed by atoms with E-state index in [4.69, 9.17) is 4.74 Å². The van der Waals surface area contributed by atoms with Gasteiger partial charge in [0.15, 0.2) is 0 Å². The number of rotatable bonds is 2. The molecular weight excluding hydrogens is 258 g/mol. The van der Waals surface area contributed by atoms with E-state index in [1.807, 2.05) is 0 Å². The maximum atomic E-state index is 5.53. The van der Waals surface area contributed by atoms with E-state index in [2.05, 4.69) is 30.0 Å². The Morgan fingerprint density at radius 1 is 1.29 bits per heavy atom. The van der Waals surface area contributed by atoms with Gasteiger partial charge in [-0.3, -0.25) is 4.90 Å². The van der Waals surface area contributed by atoms with Gasteiger partial charge < -0.3 is 4.74 Å². The van der Waals surface area contributed by atoms with Crippen LogP contribution in [0.25, 0.3) is 0 Å².